The maximum Gasteiger partial charge on any atom is 0.253 e. The Morgan fingerprint density at radius 3 is 0.905 bits per heavy atom. The Balaban J connectivity index is 3.43. The monoisotopic (exact) mass is 291 g/mol. The Kier molecular flexibility index (Phi) is 5.07. The molecule has 0 spiro atoms. The molecule has 3 amide bonds. The zero-order valence-electron chi connectivity index (χ0n) is 13.3. The highest BCUT2D eigenvalue weighted by Gasteiger charge is 2.18. The van der Waals surface area contributed by atoms with Crippen molar-refractivity contribution < 1.29 is 14.4 Å². The van der Waals surface area contributed by atoms with Gasteiger partial charge < -0.3 is 14.7 Å². The molecule has 0 aliphatic heterocycles. The van der Waals surface area contributed by atoms with Gasteiger partial charge in [0.15, 0.2) is 0 Å². The second kappa shape index (κ2) is 6.39. The summed E-state index contributed by atoms with van der Waals surface area (Å²) in [5, 5.41) is 0. The topological polar surface area (TPSA) is 60.9 Å². The molecule has 0 aliphatic rings. The second-order valence-electron chi connectivity index (χ2n) is 5.40. The first kappa shape index (κ1) is 16.7. The quantitative estimate of drug-likeness (QED) is 0.827. The van der Waals surface area contributed by atoms with Crippen molar-refractivity contribution in [1.29, 1.82) is 0 Å². The lowest BCUT2D eigenvalue weighted by Gasteiger charge is -2.16. The fourth-order valence-electron chi connectivity index (χ4n) is 1.77. The van der Waals surface area contributed by atoms with E-state index in [1.807, 2.05) is 0 Å². The van der Waals surface area contributed by atoms with E-state index < -0.39 is 0 Å². The molecule has 0 saturated carbocycles. The van der Waals surface area contributed by atoms with Gasteiger partial charge in [-0.25, -0.2) is 0 Å². The standard InChI is InChI=1S/C15H21N3O3/c1-16(2)13(19)10-7-11(14(20)17(3)4)9-12(8-10)15(21)18(5)6/h7-9H,1-6H3. The van der Waals surface area contributed by atoms with Crippen molar-refractivity contribution in [3.8, 4) is 0 Å². The van der Waals surface area contributed by atoms with Crippen LogP contribution in [-0.4, -0.2) is 74.7 Å². The lowest BCUT2D eigenvalue weighted by molar-refractivity contribution is 0.0825. The Hall–Kier alpha value is -2.37. The number of hydrogen-bond donors (Lipinski definition) is 0. The molecule has 0 radical (unpaired) electrons. The van der Waals surface area contributed by atoms with Crippen LogP contribution >= 0.6 is 0 Å². The molecular formula is C15H21N3O3. The van der Waals surface area contributed by atoms with E-state index in [1.54, 1.807) is 42.3 Å². The second-order valence-corrected chi connectivity index (χ2v) is 5.40. The van der Waals surface area contributed by atoms with Crippen molar-refractivity contribution in [2.45, 2.75) is 0 Å². The summed E-state index contributed by atoms with van der Waals surface area (Å²) in [6.45, 7) is 0. The van der Waals surface area contributed by atoms with Gasteiger partial charge in [-0.1, -0.05) is 0 Å². The molecule has 0 heterocycles. The summed E-state index contributed by atoms with van der Waals surface area (Å²) in [6, 6.07) is 4.53. The van der Waals surface area contributed by atoms with Crippen molar-refractivity contribution in [2.75, 3.05) is 42.3 Å². The summed E-state index contributed by atoms with van der Waals surface area (Å²) >= 11 is 0. The molecule has 0 N–H and O–H groups in total. The van der Waals surface area contributed by atoms with Gasteiger partial charge >= 0.3 is 0 Å². The minimum atomic E-state index is -0.254. The summed E-state index contributed by atoms with van der Waals surface area (Å²) in [5.74, 6) is -0.761. The molecule has 0 atom stereocenters. The van der Waals surface area contributed by atoms with Gasteiger partial charge in [0, 0.05) is 59.0 Å². The molecular weight excluding hydrogens is 270 g/mol. The number of amides is 3. The highest BCUT2D eigenvalue weighted by molar-refractivity contribution is 6.04. The average molecular weight is 291 g/mol. The summed E-state index contributed by atoms with van der Waals surface area (Å²) in [5.41, 5.74) is 0.953. The van der Waals surface area contributed by atoms with Crippen LogP contribution in [0.25, 0.3) is 0 Å². The maximum atomic E-state index is 12.1. The predicted molar refractivity (Wildman–Crippen MR) is 80.5 cm³/mol. The summed E-state index contributed by atoms with van der Waals surface area (Å²) < 4.78 is 0. The maximum absolute atomic E-state index is 12.1. The highest BCUT2D eigenvalue weighted by Crippen LogP contribution is 2.15. The van der Waals surface area contributed by atoms with Gasteiger partial charge in [-0.2, -0.15) is 0 Å². The summed E-state index contributed by atoms with van der Waals surface area (Å²) in [6.07, 6.45) is 0. The Morgan fingerprint density at radius 1 is 0.571 bits per heavy atom. The minimum absolute atomic E-state index is 0.254. The largest absolute Gasteiger partial charge is 0.345 e. The molecule has 0 aliphatic carbocycles. The molecule has 1 rings (SSSR count). The fourth-order valence-corrected chi connectivity index (χ4v) is 1.77. The van der Waals surface area contributed by atoms with E-state index >= 15 is 0 Å². The summed E-state index contributed by atoms with van der Waals surface area (Å²) in [7, 11) is 9.73. The van der Waals surface area contributed by atoms with Crippen molar-refractivity contribution >= 4 is 17.7 Å². The van der Waals surface area contributed by atoms with E-state index in [0.717, 1.165) is 0 Å². The van der Waals surface area contributed by atoms with Gasteiger partial charge in [-0.3, -0.25) is 14.4 Å². The van der Waals surface area contributed by atoms with Crippen LogP contribution in [0.15, 0.2) is 18.2 Å². The van der Waals surface area contributed by atoms with Gasteiger partial charge in [0.2, 0.25) is 0 Å². The SMILES string of the molecule is CN(C)C(=O)c1cc(C(=O)N(C)C)cc(C(=O)N(C)C)c1. The van der Waals surface area contributed by atoms with Crippen molar-refractivity contribution in [3.05, 3.63) is 34.9 Å². The number of rotatable bonds is 3. The van der Waals surface area contributed by atoms with E-state index in [2.05, 4.69) is 0 Å². The van der Waals surface area contributed by atoms with Crippen LogP contribution < -0.4 is 0 Å². The first-order chi connectivity index (χ1) is 9.65. The van der Waals surface area contributed by atoms with Crippen LogP contribution in [0.3, 0.4) is 0 Å². The van der Waals surface area contributed by atoms with Crippen LogP contribution in [0.4, 0.5) is 0 Å². The van der Waals surface area contributed by atoms with Crippen LogP contribution in [-0.2, 0) is 0 Å². The van der Waals surface area contributed by atoms with E-state index in [4.69, 9.17) is 0 Å². The van der Waals surface area contributed by atoms with E-state index in [1.165, 1.54) is 32.9 Å². The van der Waals surface area contributed by atoms with E-state index in [0.29, 0.717) is 16.7 Å². The van der Waals surface area contributed by atoms with Crippen LogP contribution in [0, 0.1) is 0 Å². The zero-order chi connectivity index (χ0) is 16.3. The smallest absolute Gasteiger partial charge is 0.253 e. The van der Waals surface area contributed by atoms with E-state index in [9.17, 15) is 14.4 Å². The molecule has 0 saturated heterocycles. The van der Waals surface area contributed by atoms with Gasteiger partial charge in [0.05, 0.1) is 0 Å². The van der Waals surface area contributed by atoms with Crippen LogP contribution in [0.1, 0.15) is 31.1 Å². The zero-order valence-corrected chi connectivity index (χ0v) is 13.3. The van der Waals surface area contributed by atoms with Crippen molar-refractivity contribution in [3.63, 3.8) is 0 Å². The summed E-state index contributed by atoms with van der Waals surface area (Å²) in [4.78, 5) is 40.5. The van der Waals surface area contributed by atoms with Crippen molar-refractivity contribution in [2.24, 2.45) is 0 Å². The predicted octanol–water partition coefficient (Wildman–Crippen LogP) is 0.792. The first-order valence-corrected chi connectivity index (χ1v) is 6.45. The van der Waals surface area contributed by atoms with E-state index in [-0.39, 0.29) is 17.7 Å². The molecule has 1 aromatic carbocycles. The molecule has 1 aromatic rings. The lowest BCUT2D eigenvalue weighted by Crippen LogP contribution is -2.27. The molecule has 0 bridgehead atoms. The van der Waals surface area contributed by atoms with Crippen LogP contribution in [0.5, 0.6) is 0 Å². The first-order valence-electron chi connectivity index (χ1n) is 6.45. The van der Waals surface area contributed by atoms with Gasteiger partial charge in [0.25, 0.3) is 17.7 Å². The molecule has 6 nitrogen and oxygen atoms in total. The minimum Gasteiger partial charge on any atom is -0.345 e. The third kappa shape index (κ3) is 3.81. The van der Waals surface area contributed by atoms with Gasteiger partial charge in [-0.15, -0.1) is 0 Å². The number of carbonyl (C=O) groups excluding carboxylic acids is 3. The Morgan fingerprint density at radius 2 is 0.762 bits per heavy atom. The van der Waals surface area contributed by atoms with Gasteiger partial charge in [-0.05, 0) is 18.2 Å². The molecule has 0 fully saturated rings. The number of hydrogen-bond acceptors (Lipinski definition) is 3. The number of nitrogens with zero attached hydrogens (tertiary/aromatic N) is 3. The Bertz CT molecular complexity index is 484. The number of carbonyl (C=O) groups is 3. The van der Waals surface area contributed by atoms with Gasteiger partial charge in [0.1, 0.15) is 0 Å². The fraction of sp³-hybridized carbons (Fsp3) is 0.400. The highest BCUT2D eigenvalue weighted by atomic mass is 16.2. The number of benzene rings is 1. The molecule has 114 valence electrons. The molecule has 6 heteroatoms. The third-order valence-corrected chi connectivity index (χ3v) is 2.89. The lowest BCUT2D eigenvalue weighted by atomic mass is 10.0. The average Bonchev–Trinajstić information content (AvgIpc) is 2.43. The molecule has 21 heavy (non-hydrogen) atoms. The third-order valence-electron chi connectivity index (χ3n) is 2.89. The van der Waals surface area contributed by atoms with Crippen molar-refractivity contribution in [1.82, 2.24) is 14.7 Å². The molecule has 0 aromatic heterocycles. The Labute approximate surface area is 124 Å². The molecule has 0 unspecified atom stereocenters. The van der Waals surface area contributed by atoms with Crippen LogP contribution in [0.2, 0.25) is 0 Å². The normalized spacial score (nSPS) is 10.0.